The largest absolute Gasteiger partial charge is 0.329 e. The van der Waals surface area contributed by atoms with Gasteiger partial charge < -0.3 is 5.73 Å². The molecule has 0 radical (unpaired) electrons. The third-order valence-corrected chi connectivity index (χ3v) is 5.99. The van der Waals surface area contributed by atoms with E-state index in [1.54, 1.807) is 11.3 Å². The first kappa shape index (κ1) is 13.8. The fourth-order valence-corrected chi connectivity index (χ4v) is 4.40. The lowest BCUT2D eigenvalue weighted by atomic mass is 9.91. The maximum absolute atomic E-state index is 6.07. The smallest absolute Gasteiger partial charge is 0.107 e. The van der Waals surface area contributed by atoms with Crippen molar-refractivity contribution in [3.63, 3.8) is 0 Å². The molecule has 1 aliphatic rings. The van der Waals surface area contributed by atoms with E-state index in [0.717, 1.165) is 28.4 Å². The molecule has 0 aliphatic carbocycles. The Morgan fingerprint density at radius 1 is 1.65 bits per heavy atom. The molecule has 2 N–H and O–H groups in total. The standard InChI is InChI=1S/C12H18BrClN2S/c1-8-3-2-4-16(11(8)6-15)7-9-5-10(13)12(14)17-9/h5,8,11H,2-4,6-7,15H2,1H3. The molecule has 5 heteroatoms. The summed E-state index contributed by atoms with van der Waals surface area (Å²) in [6, 6.07) is 2.64. The van der Waals surface area contributed by atoms with Crippen LogP contribution in [0.25, 0.3) is 0 Å². The van der Waals surface area contributed by atoms with Crippen LogP contribution in [0.15, 0.2) is 10.5 Å². The van der Waals surface area contributed by atoms with Gasteiger partial charge in [0.2, 0.25) is 0 Å². The molecule has 0 aromatic carbocycles. The first-order valence-electron chi connectivity index (χ1n) is 5.99. The van der Waals surface area contributed by atoms with E-state index in [4.69, 9.17) is 17.3 Å². The third kappa shape index (κ3) is 3.24. The molecule has 96 valence electrons. The molecule has 0 bridgehead atoms. The van der Waals surface area contributed by atoms with Crippen LogP contribution in [-0.4, -0.2) is 24.0 Å². The predicted octanol–water partition coefficient (Wildman–Crippen LogP) is 3.72. The molecule has 0 saturated carbocycles. The lowest BCUT2D eigenvalue weighted by Gasteiger charge is -2.39. The van der Waals surface area contributed by atoms with Crippen LogP contribution in [0.1, 0.15) is 24.6 Å². The minimum Gasteiger partial charge on any atom is -0.329 e. The van der Waals surface area contributed by atoms with Crippen LogP contribution in [0.2, 0.25) is 4.34 Å². The van der Waals surface area contributed by atoms with Crippen molar-refractivity contribution < 1.29 is 0 Å². The molecular formula is C12H18BrClN2S. The molecule has 17 heavy (non-hydrogen) atoms. The Bertz CT molecular complexity index is 363. The van der Waals surface area contributed by atoms with Crippen LogP contribution in [0.3, 0.4) is 0 Å². The third-order valence-electron chi connectivity index (χ3n) is 3.53. The van der Waals surface area contributed by atoms with E-state index in [1.807, 2.05) is 0 Å². The lowest BCUT2D eigenvalue weighted by molar-refractivity contribution is 0.100. The summed E-state index contributed by atoms with van der Waals surface area (Å²) in [7, 11) is 0. The topological polar surface area (TPSA) is 29.3 Å². The van der Waals surface area contributed by atoms with E-state index in [2.05, 4.69) is 33.8 Å². The van der Waals surface area contributed by atoms with E-state index in [9.17, 15) is 0 Å². The van der Waals surface area contributed by atoms with Crippen LogP contribution in [0.5, 0.6) is 0 Å². The van der Waals surface area contributed by atoms with Crippen molar-refractivity contribution in [2.75, 3.05) is 13.1 Å². The Hall–Kier alpha value is 0.390. The van der Waals surface area contributed by atoms with Crippen LogP contribution in [0.4, 0.5) is 0 Å². The van der Waals surface area contributed by atoms with Crippen molar-refractivity contribution in [3.05, 3.63) is 19.8 Å². The minimum atomic E-state index is 0.517. The average molecular weight is 338 g/mol. The van der Waals surface area contributed by atoms with Crippen LogP contribution >= 0.6 is 38.9 Å². The first-order valence-corrected chi connectivity index (χ1v) is 7.98. The van der Waals surface area contributed by atoms with E-state index in [0.29, 0.717) is 12.0 Å². The number of likely N-dealkylation sites (tertiary alicyclic amines) is 1. The fraction of sp³-hybridized carbons (Fsp3) is 0.667. The van der Waals surface area contributed by atoms with Crippen LogP contribution < -0.4 is 5.73 Å². The molecule has 2 nitrogen and oxygen atoms in total. The monoisotopic (exact) mass is 336 g/mol. The van der Waals surface area contributed by atoms with Gasteiger partial charge in [0.05, 0.1) is 0 Å². The highest BCUT2D eigenvalue weighted by atomic mass is 79.9. The summed E-state index contributed by atoms with van der Waals surface area (Å²) in [6.45, 7) is 5.18. The van der Waals surface area contributed by atoms with Crippen molar-refractivity contribution in [1.82, 2.24) is 4.90 Å². The van der Waals surface area contributed by atoms with Gasteiger partial charge in [-0.3, -0.25) is 4.90 Å². The van der Waals surface area contributed by atoms with E-state index in [-0.39, 0.29) is 0 Å². The molecule has 1 aromatic rings. The second-order valence-corrected chi connectivity index (χ2v) is 7.32. The van der Waals surface area contributed by atoms with Crippen molar-refractivity contribution in [1.29, 1.82) is 0 Å². The number of hydrogen-bond donors (Lipinski definition) is 1. The molecule has 1 aromatic heterocycles. The SMILES string of the molecule is CC1CCCN(Cc2cc(Br)c(Cl)s2)C1CN. The van der Waals surface area contributed by atoms with E-state index >= 15 is 0 Å². The molecule has 1 fully saturated rings. The maximum atomic E-state index is 6.07. The second-order valence-electron chi connectivity index (χ2n) is 4.73. The average Bonchev–Trinajstić information content (AvgIpc) is 2.58. The molecule has 1 aliphatic heterocycles. The predicted molar refractivity (Wildman–Crippen MR) is 78.7 cm³/mol. The summed E-state index contributed by atoms with van der Waals surface area (Å²) >= 11 is 11.2. The molecule has 1 saturated heterocycles. The number of rotatable bonds is 3. The highest BCUT2D eigenvalue weighted by Gasteiger charge is 2.27. The van der Waals surface area contributed by atoms with Gasteiger partial charge in [0.25, 0.3) is 0 Å². The van der Waals surface area contributed by atoms with Crippen molar-refractivity contribution in [2.45, 2.75) is 32.4 Å². The fourth-order valence-electron chi connectivity index (χ4n) is 2.58. The van der Waals surface area contributed by atoms with Crippen molar-refractivity contribution in [2.24, 2.45) is 11.7 Å². The summed E-state index contributed by atoms with van der Waals surface area (Å²) in [5.41, 5.74) is 5.90. The number of piperidine rings is 1. The Kier molecular flexibility index (Phi) is 4.89. The lowest BCUT2D eigenvalue weighted by Crippen LogP contribution is -2.47. The van der Waals surface area contributed by atoms with Crippen molar-refractivity contribution >= 4 is 38.9 Å². The Morgan fingerprint density at radius 2 is 2.41 bits per heavy atom. The van der Waals surface area contributed by atoms with Crippen LogP contribution in [0, 0.1) is 5.92 Å². The molecule has 2 rings (SSSR count). The number of nitrogens with two attached hydrogens (primary N) is 1. The summed E-state index contributed by atoms with van der Waals surface area (Å²) in [4.78, 5) is 3.82. The molecule has 2 unspecified atom stereocenters. The van der Waals surface area contributed by atoms with Gasteiger partial charge in [-0.1, -0.05) is 18.5 Å². The second kappa shape index (κ2) is 6.02. The zero-order valence-electron chi connectivity index (χ0n) is 9.96. The normalized spacial score (nSPS) is 26.4. The zero-order valence-corrected chi connectivity index (χ0v) is 13.1. The first-order chi connectivity index (χ1) is 8.11. The van der Waals surface area contributed by atoms with Gasteiger partial charge in [-0.15, -0.1) is 11.3 Å². The number of hydrogen-bond acceptors (Lipinski definition) is 3. The quantitative estimate of drug-likeness (QED) is 0.910. The van der Waals surface area contributed by atoms with E-state index in [1.165, 1.54) is 17.7 Å². The van der Waals surface area contributed by atoms with E-state index < -0.39 is 0 Å². The molecule has 2 heterocycles. The molecule has 0 spiro atoms. The number of nitrogens with zero attached hydrogens (tertiary/aromatic N) is 1. The van der Waals surface area contributed by atoms with Gasteiger partial charge in [-0.2, -0.15) is 0 Å². The Labute approximate surface area is 120 Å². The Balaban J connectivity index is 2.06. The highest BCUT2D eigenvalue weighted by molar-refractivity contribution is 9.10. The Morgan fingerprint density at radius 3 is 3.00 bits per heavy atom. The molecular weight excluding hydrogens is 320 g/mol. The van der Waals surface area contributed by atoms with Gasteiger partial charge in [0.1, 0.15) is 4.34 Å². The zero-order chi connectivity index (χ0) is 12.4. The van der Waals surface area contributed by atoms with Gasteiger partial charge in [0.15, 0.2) is 0 Å². The van der Waals surface area contributed by atoms with Gasteiger partial charge in [-0.05, 0) is 47.3 Å². The highest BCUT2D eigenvalue weighted by Crippen LogP contribution is 2.34. The summed E-state index contributed by atoms with van der Waals surface area (Å²) in [5.74, 6) is 0.702. The number of halogens is 2. The summed E-state index contributed by atoms with van der Waals surface area (Å²) in [5, 5.41) is 0. The van der Waals surface area contributed by atoms with Gasteiger partial charge in [0, 0.05) is 28.5 Å². The van der Waals surface area contributed by atoms with Gasteiger partial charge in [-0.25, -0.2) is 0 Å². The van der Waals surface area contributed by atoms with Gasteiger partial charge >= 0.3 is 0 Å². The minimum absolute atomic E-state index is 0.517. The summed E-state index contributed by atoms with van der Waals surface area (Å²) < 4.78 is 1.85. The number of thiophene rings is 1. The summed E-state index contributed by atoms with van der Waals surface area (Å²) in [6.07, 6.45) is 2.57. The molecule has 0 amide bonds. The molecule has 2 atom stereocenters. The van der Waals surface area contributed by atoms with Crippen LogP contribution in [-0.2, 0) is 6.54 Å². The van der Waals surface area contributed by atoms with Crippen molar-refractivity contribution in [3.8, 4) is 0 Å². The maximum Gasteiger partial charge on any atom is 0.107 e.